The molecular formula is C19H26N6O. The summed E-state index contributed by atoms with van der Waals surface area (Å²) in [5.41, 5.74) is 1.13. The molecule has 0 aromatic carbocycles. The number of aromatic nitrogens is 5. The molecule has 5 rings (SSSR count). The first-order valence-electron chi connectivity index (χ1n) is 9.86. The molecule has 1 aliphatic heterocycles. The summed E-state index contributed by atoms with van der Waals surface area (Å²) in [6.07, 6.45) is 9.34. The highest BCUT2D eigenvalue weighted by atomic mass is 16.2. The zero-order valence-corrected chi connectivity index (χ0v) is 15.3. The molecule has 2 aromatic heterocycles. The van der Waals surface area contributed by atoms with Gasteiger partial charge >= 0.3 is 0 Å². The van der Waals surface area contributed by atoms with Crippen LogP contribution in [-0.4, -0.2) is 48.9 Å². The van der Waals surface area contributed by atoms with Gasteiger partial charge in [0.15, 0.2) is 5.82 Å². The number of likely N-dealkylation sites (tertiary alicyclic amines) is 1. The number of nitrogens with one attached hydrogen (secondary N) is 1. The minimum Gasteiger partial charge on any atom is -0.342 e. The molecule has 0 bridgehead atoms. The summed E-state index contributed by atoms with van der Waals surface area (Å²) >= 11 is 0. The molecule has 7 nitrogen and oxygen atoms in total. The van der Waals surface area contributed by atoms with Gasteiger partial charge in [-0.3, -0.25) is 14.6 Å². The summed E-state index contributed by atoms with van der Waals surface area (Å²) in [7, 11) is 0. The van der Waals surface area contributed by atoms with Crippen molar-refractivity contribution in [3.8, 4) is 0 Å². The largest absolute Gasteiger partial charge is 0.342 e. The predicted octanol–water partition coefficient (Wildman–Crippen LogP) is 2.23. The average Bonchev–Trinajstić information content (AvgIpc) is 3.53. The number of hydrogen-bond donors (Lipinski definition) is 1. The second-order valence-electron chi connectivity index (χ2n) is 8.29. The van der Waals surface area contributed by atoms with E-state index < -0.39 is 0 Å². The van der Waals surface area contributed by atoms with Gasteiger partial charge in [0.25, 0.3) is 0 Å². The Morgan fingerprint density at radius 1 is 1.27 bits per heavy atom. The molecule has 138 valence electrons. The first-order valence-corrected chi connectivity index (χ1v) is 9.86. The van der Waals surface area contributed by atoms with Crippen LogP contribution in [0.25, 0.3) is 0 Å². The second kappa shape index (κ2) is 6.21. The normalized spacial score (nSPS) is 25.8. The molecule has 0 spiro atoms. The monoisotopic (exact) mass is 354 g/mol. The lowest BCUT2D eigenvalue weighted by molar-refractivity contribution is -0.130. The molecule has 2 aromatic rings. The summed E-state index contributed by atoms with van der Waals surface area (Å²) in [6, 6.07) is 0. The zero-order chi connectivity index (χ0) is 17.7. The molecule has 1 amide bonds. The third-order valence-corrected chi connectivity index (χ3v) is 6.08. The number of nitrogens with zero attached hydrogens (tertiary/aromatic N) is 5. The molecule has 7 heteroatoms. The molecule has 3 heterocycles. The molecule has 0 radical (unpaired) electrons. The van der Waals surface area contributed by atoms with Crippen molar-refractivity contribution in [2.45, 2.75) is 57.4 Å². The molecule has 3 aliphatic rings. The van der Waals surface area contributed by atoms with Crippen LogP contribution in [0, 0.1) is 18.8 Å². The van der Waals surface area contributed by atoms with Gasteiger partial charge in [-0.1, -0.05) is 0 Å². The highest BCUT2D eigenvalue weighted by Gasteiger charge is 2.45. The number of hydrogen-bond acceptors (Lipinski definition) is 4. The number of H-pyrrole nitrogens is 1. The number of amides is 1. The van der Waals surface area contributed by atoms with E-state index >= 15 is 0 Å². The van der Waals surface area contributed by atoms with E-state index in [4.69, 9.17) is 4.98 Å². The highest BCUT2D eigenvalue weighted by molar-refractivity contribution is 5.76. The fourth-order valence-corrected chi connectivity index (χ4v) is 4.26. The van der Waals surface area contributed by atoms with Crippen LogP contribution in [-0.2, 0) is 11.3 Å². The number of rotatable bonds is 6. The van der Waals surface area contributed by atoms with Crippen molar-refractivity contribution >= 4 is 5.91 Å². The number of aryl methyl sites for hydroxylation is 2. The third kappa shape index (κ3) is 3.15. The number of aromatic amines is 1. The van der Waals surface area contributed by atoms with Gasteiger partial charge in [0.05, 0.1) is 6.20 Å². The van der Waals surface area contributed by atoms with Crippen molar-refractivity contribution in [3.05, 3.63) is 29.6 Å². The van der Waals surface area contributed by atoms with Crippen molar-refractivity contribution in [2.75, 3.05) is 13.1 Å². The van der Waals surface area contributed by atoms with E-state index in [2.05, 4.69) is 15.3 Å². The second-order valence-corrected chi connectivity index (χ2v) is 8.29. The Balaban J connectivity index is 1.25. The van der Waals surface area contributed by atoms with E-state index in [0.29, 0.717) is 30.7 Å². The summed E-state index contributed by atoms with van der Waals surface area (Å²) in [4.78, 5) is 19.6. The molecule has 1 N–H and O–H groups in total. The number of carbonyl (C=O) groups excluding carboxylic acids is 1. The van der Waals surface area contributed by atoms with Crippen molar-refractivity contribution in [1.82, 2.24) is 29.9 Å². The Kier molecular flexibility index (Phi) is 3.83. The predicted molar refractivity (Wildman–Crippen MR) is 95.5 cm³/mol. The van der Waals surface area contributed by atoms with Gasteiger partial charge < -0.3 is 4.90 Å². The molecule has 1 saturated heterocycles. The first-order chi connectivity index (χ1) is 12.7. The zero-order valence-electron chi connectivity index (χ0n) is 15.3. The molecule has 2 atom stereocenters. The van der Waals surface area contributed by atoms with Crippen LogP contribution in [0.3, 0.4) is 0 Å². The fraction of sp³-hybridized carbons (Fsp3) is 0.684. The van der Waals surface area contributed by atoms with Crippen LogP contribution in [0.4, 0.5) is 0 Å². The van der Waals surface area contributed by atoms with Crippen LogP contribution >= 0.6 is 0 Å². The van der Waals surface area contributed by atoms with E-state index in [1.807, 2.05) is 28.9 Å². The Morgan fingerprint density at radius 3 is 2.81 bits per heavy atom. The SMILES string of the molecule is Cc1cnn(CCC(=O)N2C[C@H](c3nc(C4CC4)n[nH]3)[C@@H](C3CC3)C2)c1. The fourth-order valence-electron chi connectivity index (χ4n) is 4.26. The van der Waals surface area contributed by atoms with E-state index in [9.17, 15) is 4.79 Å². The van der Waals surface area contributed by atoms with E-state index in [-0.39, 0.29) is 5.91 Å². The summed E-state index contributed by atoms with van der Waals surface area (Å²) in [5.74, 6) is 4.38. The lowest BCUT2D eigenvalue weighted by Gasteiger charge is -2.16. The third-order valence-electron chi connectivity index (χ3n) is 6.08. The van der Waals surface area contributed by atoms with Gasteiger partial charge in [-0.2, -0.15) is 10.2 Å². The lowest BCUT2D eigenvalue weighted by atomic mass is 9.91. The molecule has 2 saturated carbocycles. The molecule has 3 fully saturated rings. The Labute approximate surface area is 153 Å². The molecular weight excluding hydrogens is 328 g/mol. The van der Waals surface area contributed by atoms with Crippen molar-refractivity contribution in [1.29, 1.82) is 0 Å². The van der Waals surface area contributed by atoms with E-state index in [0.717, 1.165) is 36.2 Å². The first kappa shape index (κ1) is 16.0. The summed E-state index contributed by atoms with van der Waals surface area (Å²) < 4.78 is 1.86. The van der Waals surface area contributed by atoms with Crippen LogP contribution in [0.2, 0.25) is 0 Å². The minimum atomic E-state index is 0.230. The van der Waals surface area contributed by atoms with Gasteiger partial charge in [-0.05, 0) is 50.0 Å². The Morgan fingerprint density at radius 2 is 2.12 bits per heavy atom. The smallest absolute Gasteiger partial charge is 0.224 e. The highest BCUT2D eigenvalue weighted by Crippen LogP contribution is 2.47. The molecule has 0 unspecified atom stereocenters. The quantitative estimate of drug-likeness (QED) is 0.863. The maximum absolute atomic E-state index is 12.8. The number of carbonyl (C=O) groups is 1. The van der Waals surface area contributed by atoms with Crippen LogP contribution in [0.1, 0.15) is 61.2 Å². The lowest BCUT2D eigenvalue weighted by Crippen LogP contribution is -2.30. The van der Waals surface area contributed by atoms with Crippen LogP contribution in [0.5, 0.6) is 0 Å². The van der Waals surface area contributed by atoms with E-state index in [1.54, 1.807) is 0 Å². The Bertz CT molecular complexity index is 803. The van der Waals surface area contributed by atoms with Gasteiger partial charge in [0.2, 0.25) is 5.91 Å². The maximum atomic E-state index is 12.8. The van der Waals surface area contributed by atoms with Crippen molar-refractivity contribution in [2.24, 2.45) is 11.8 Å². The van der Waals surface area contributed by atoms with Crippen molar-refractivity contribution < 1.29 is 4.79 Å². The minimum absolute atomic E-state index is 0.230. The van der Waals surface area contributed by atoms with Crippen molar-refractivity contribution in [3.63, 3.8) is 0 Å². The standard InChI is InChI=1S/C19H26N6O/c1-12-8-20-25(9-12)7-6-17(26)24-10-15(13-2-3-13)16(11-24)19-21-18(22-23-19)14-4-5-14/h8-9,13-16H,2-7,10-11H2,1H3,(H,21,22,23)/t15-,16+/m1/s1. The molecule has 2 aliphatic carbocycles. The van der Waals surface area contributed by atoms with Gasteiger partial charge in [-0.15, -0.1) is 0 Å². The van der Waals surface area contributed by atoms with E-state index in [1.165, 1.54) is 25.7 Å². The summed E-state index contributed by atoms with van der Waals surface area (Å²) in [6.45, 7) is 4.31. The van der Waals surface area contributed by atoms with Gasteiger partial charge in [-0.25, -0.2) is 4.98 Å². The molecule has 26 heavy (non-hydrogen) atoms. The van der Waals surface area contributed by atoms with Crippen LogP contribution in [0.15, 0.2) is 12.4 Å². The summed E-state index contributed by atoms with van der Waals surface area (Å²) in [5, 5.41) is 11.9. The topological polar surface area (TPSA) is 79.7 Å². The van der Waals surface area contributed by atoms with Crippen LogP contribution < -0.4 is 0 Å². The Hall–Kier alpha value is -2.18. The van der Waals surface area contributed by atoms with Gasteiger partial charge in [0, 0.05) is 44.1 Å². The van der Waals surface area contributed by atoms with Gasteiger partial charge in [0.1, 0.15) is 5.82 Å². The average molecular weight is 354 g/mol. The maximum Gasteiger partial charge on any atom is 0.224 e.